The van der Waals surface area contributed by atoms with E-state index in [0.717, 1.165) is 36.8 Å². The minimum absolute atomic E-state index is 0.0243. The second-order valence-electron chi connectivity index (χ2n) is 7.23. The van der Waals surface area contributed by atoms with Crippen molar-refractivity contribution in [3.8, 4) is 5.75 Å². The molecule has 0 aromatic heterocycles. The standard InChI is InChI=1S/C24H28O3/c1-18(2)27-24(25)14-5-3-4-8-15-26-23-13-9-12-21-16-19-10-6-7-11-20(19)17-22(21)23/h6-7,9-13,16-18H,3-5,8,14-15H2,1-2H3. The molecular weight excluding hydrogens is 336 g/mol. The number of ether oxygens (including phenoxy) is 2. The van der Waals surface area contributed by atoms with E-state index < -0.39 is 0 Å². The molecule has 3 aromatic rings. The normalized spacial score (nSPS) is 11.2. The fraction of sp³-hybridized carbons (Fsp3) is 0.375. The number of carbonyl (C=O) groups is 1. The Morgan fingerprint density at radius 3 is 2.33 bits per heavy atom. The quantitative estimate of drug-likeness (QED) is 0.255. The Hall–Kier alpha value is -2.55. The zero-order valence-corrected chi connectivity index (χ0v) is 16.2. The Kier molecular flexibility index (Phi) is 6.69. The Labute approximate surface area is 161 Å². The van der Waals surface area contributed by atoms with Crippen LogP contribution in [0.1, 0.15) is 46.0 Å². The van der Waals surface area contributed by atoms with Crippen molar-refractivity contribution in [2.75, 3.05) is 6.61 Å². The highest BCUT2D eigenvalue weighted by Gasteiger charge is 2.06. The first kappa shape index (κ1) is 19.2. The van der Waals surface area contributed by atoms with Gasteiger partial charge in [0.2, 0.25) is 0 Å². The average molecular weight is 364 g/mol. The second-order valence-corrected chi connectivity index (χ2v) is 7.23. The number of hydrogen-bond acceptors (Lipinski definition) is 3. The molecule has 0 bridgehead atoms. The van der Waals surface area contributed by atoms with Gasteiger partial charge in [-0.3, -0.25) is 4.79 Å². The molecule has 142 valence electrons. The first-order valence-corrected chi connectivity index (χ1v) is 9.87. The molecule has 3 nitrogen and oxygen atoms in total. The number of fused-ring (bicyclic) bond motifs is 2. The number of carbonyl (C=O) groups excluding carboxylic acids is 1. The molecule has 0 unspecified atom stereocenters. The van der Waals surface area contributed by atoms with Crippen molar-refractivity contribution in [1.29, 1.82) is 0 Å². The highest BCUT2D eigenvalue weighted by atomic mass is 16.5. The van der Waals surface area contributed by atoms with Crippen molar-refractivity contribution in [3.05, 3.63) is 54.6 Å². The SMILES string of the molecule is CC(C)OC(=O)CCCCCCOc1cccc2cc3ccccc3cc12. The van der Waals surface area contributed by atoms with Gasteiger partial charge in [0, 0.05) is 11.8 Å². The largest absolute Gasteiger partial charge is 0.493 e. The van der Waals surface area contributed by atoms with Crippen LogP contribution in [0, 0.1) is 0 Å². The minimum Gasteiger partial charge on any atom is -0.493 e. The summed E-state index contributed by atoms with van der Waals surface area (Å²) < 4.78 is 11.2. The predicted molar refractivity (Wildman–Crippen MR) is 111 cm³/mol. The molecular formula is C24H28O3. The van der Waals surface area contributed by atoms with Crippen LogP contribution in [0.15, 0.2) is 54.6 Å². The van der Waals surface area contributed by atoms with Crippen LogP contribution in [0.2, 0.25) is 0 Å². The molecule has 0 spiro atoms. The van der Waals surface area contributed by atoms with Gasteiger partial charge in [0.05, 0.1) is 12.7 Å². The summed E-state index contributed by atoms with van der Waals surface area (Å²) in [5, 5.41) is 4.84. The van der Waals surface area contributed by atoms with Gasteiger partial charge in [-0.25, -0.2) is 0 Å². The van der Waals surface area contributed by atoms with Crippen LogP contribution in [0.5, 0.6) is 5.75 Å². The van der Waals surface area contributed by atoms with Crippen LogP contribution >= 0.6 is 0 Å². The van der Waals surface area contributed by atoms with E-state index in [2.05, 4.69) is 42.5 Å². The first-order chi connectivity index (χ1) is 13.1. The van der Waals surface area contributed by atoms with Gasteiger partial charge in [-0.15, -0.1) is 0 Å². The van der Waals surface area contributed by atoms with Crippen LogP contribution in [-0.4, -0.2) is 18.7 Å². The maximum Gasteiger partial charge on any atom is 0.306 e. The van der Waals surface area contributed by atoms with E-state index >= 15 is 0 Å². The van der Waals surface area contributed by atoms with E-state index in [-0.39, 0.29) is 12.1 Å². The molecule has 0 fully saturated rings. The lowest BCUT2D eigenvalue weighted by atomic mass is 10.0. The van der Waals surface area contributed by atoms with Gasteiger partial charge in [0.15, 0.2) is 0 Å². The highest BCUT2D eigenvalue weighted by Crippen LogP contribution is 2.30. The third-order valence-corrected chi connectivity index (χ3v) is 4.61. The maximum absolute atomic E-state index is 11.5. The fourth-order valence-electron chi connectivity index (χ4n) is 3.29. The van der Waals surface area contributed by atoms with Crippen molar-refractivity contribution >= 4 is 27.5 Å². The van der Waals surface area contributed by atoms with E-state index in [1.807, 2.05) is 26.0 Å². The summed E-state index contributed by atoms with van der Waals surface area (Å²) in [5.41, 5.74) is 0. The molecule has 0 amide bonds. The number of unbranched alkanes of at least 4 members (excludes halogenated alkanes) is 3. The molecule has 0 saturated heterocycles. The molecule has 27 heavy (non-hydrogen) atoms. The zero-order chi connectivity index (χ0) is 19.1. The molecule has 0 aliphatic heterocycles. The molecule has 0 N–H and O–H groups in total. The molecule has 0 radical (unpaired) electrons. The summed E-state index contributed by atoms with van der Waals surface area (Å²) in [6, 6.07) is 19.0. The number of esters is 1. The summed E-state index contributed by atoms with van der Waals surface area (Å²) in [5.74, 6) is 0.850. The average Bonchev–Trinajstić information content (AvgIpc) is 2.65. The highest BCUT2D eigenvalue weighted by molar-refractivity contribution is 6.00. The Morgan fingerprint density at radius 2 is 1.56 bits per heavy atom. The van der Waals surface area contributed by atoms with Crippen LogP contribution in [0.3, 0.4) is 0 Å². The van der Waals surface area contributed by atoms with Gasteiger partial charge in [0.25, 0.3) is 0 Å². The van der Waals surface area contributed by atoms with E-state index in [1.165, 1.54) is 16.2 Å². The molecule has 3 heteroatoms. The summed E-state index contributed by atoms with van der Waals surface area (Å²) in [7, 11) is 0. The molecule has 0 aliphatic carbocycles. The summed E-state index contributed by atoms with van der Waals surface area (Å²) in [6.07, 6.45) is 4.44. The lowest BCUT2D eigenvalue weighted by Crippen LogP contribution is -2.10. The van der Waals surface area contributed by atoms with Crippen molar-refractivity contribution in [1.82, 2.24) is 0 Å². The maximum atomic E-state index is 11.5. The molecule has 0 atom stereocenters. The number of hydrogen-bond donors (Lipinski definition) is 0. The molecule has 3 rings (SSSR count). The van der Waals surface area contributed by atoms with E-state index in [0.29, 0.717) is 13.0 Å². The Morgan fingerprint density at radius 1 is 0.852 bits per heavy atom. The second kappa shape index (κ2) is 9.40. The van der Waals surface area contributed by atoms with Gasteiger partial charge in [-0.05, 0) is 61.0 Å². The Balaban J connectivity index is 1.48. The summed E-state index contributed by atoms with van der Waals surface area (Å²) in [6.45, 7) is 4.46. The molecule has 0 heterocycles. The zero-order valence-electron chi connectivity index (χ0n) is 16.2. The van der Waals surface area contributed by atoms with E-state index in [4.69, 9.17) is 9.47 Å². The van der Waals surface area contributed by atoms with Crippen LogP contribution in [0.25, 0.3) is 21.5 Å². The summed E-state index contributed by atoms with van der Waals surface area (Å²) >= 11 is 0. The van der Waals surface area contributed by atoms with Gasteiger partial charge in [0.1, 0.15) is 5.75 Å². The fourth-order valence-corrected chi connectivity index (χ4v) is 3.29. The van der Waals surface area contributed by atoms with E-state index in [9.17, 15) is 4.79 Å². The smallest absolute Gasteiger partial charge is 0.306 e. The van der Waals surface area contributed by atoms with Crippen LogP contribution in [0.4, 0.5) is 0 Å². The monoisotopic (exact) mass is 364 g/mol. The third-order valence-electron chi connectivity index (χ3n) is 4.61. The predicted octanol–water partition coefficient (Wildman–Crippen LogP) is 6.27. The van der Waals surface area contributed by atoms with Gasteiger partial charge in [-0.1, -0.05) is 49.2 Å². The first-order valence-electron chi connectivity index (χ1n) is 9.87. The van der Waals surface area contributed by atoms with Crippen molar-refractivity contribution in [3.63, 3.8) is 0 Å². The van der Waals surface area contributed by atoms with Crippen molar-refractivity contribution < 1.29 is 14.3 Å². The van der Waals surface area contributed by atoms with Gasteiger partial charge >= 0.3 is 5.97 Å². The van der Waals surface area contributed by atoms with Gasteiger partial charge < -0.3 is 9.47 Å². The van der Waals surface area contributed by atoms with Crippen molar-refractivity contribution in [2.45, 2.75) is 52.1 Å². The van der Waals surface area contributed by atoms with Crippen LogP contribution < -0.4 is 4.74 Å². The van der Waals surface area contributed by atoms with E-state index in [1.54, 1.807) is 0 Å². The molecule has 3 aromatic carbocycles. The molecule has 0 aliphatic rings. The Bertz CT molecular complexity index is 898. The van der Waals surface area contributed by atoms with Gasteiger partial charge in [-0.2, -0.15) is 0 Å². The number of benzene rings is 3. The topological polar surface area (TPSA) is 35.5 Å². The summed E-state index contributed by atoms with van der Waals surface area (Å²) in [4.78, 5) is 11.5. The molecule has 0 saturated carbocycles. The lowest BCUT2D eigenvalue weighted by Gasteiger charge is -2.11. The third kappa shape index (κ3) is 5.46. The minimum atomic E-state index is -0.0933. The van der Waals surface area contributed by atoms with Crippen molar-refractivity contribution in [2.24, 2.45) is 0 Å². The lowest BCUT2D eigenvalue weighted by molar-refractivity contribution is -0.147. The van der Waals surface area contributed by atoms with Crippen LogP contribution in [-0.2, 0) is 9.53 Å². The number of rotatable bonds is 9.